The molecule has 1 aliphatic rings. The maximum Gasteiger partial charge on any atom is 0.514 e. The van der Waals surface area contributed by atoms with Crippen LogP contribution in [0.3, 0.4) is 0 Å². The maximum absolute atomic E-state index is 13.2. The minimum absolute atomic E-state index is 0.286. The molecule has 1 aromatic rings. The highest BCUT2D eigenvalue weighted by Gasteiger charge is 2.35. The van der Waals surface area contributed by atoms with Gasteiger partial charge in [-0.2, -0.15) is 0 Å². The Morgan fingerprint density at radius 3 is 2.40 bits per heavy atom. The fourth-order valence-corrected chi connectivity index (χ4v) is 2.58. The van der Waals surface area contributed by atoms with E-state index in [4.69, 9.17) is 9.11 Å². The van der Waals surface area contributed by atoms with Gasteiger partial charge in [0, 0.05) is 12.1 Å². The van der Waals surface area contributed by atoms with Crippen molar-refractivity contribution >= 4 is 17.0 Å². The van der Waals surface area contributed by atoms with Crippen molar-refractivity contribution in [2.75, 3.05) is 12.4 Å². The van der Waals surface area contributed by atoms with E-state index in [1.54, 1.807) is 0 Å². The van der Waals surface area contributed by atoms with Gasteiger partial charge in [-0.25, -0.2) is 18.0 Å². The Kier molecular flexibility index (Phi) is 4.09. The molecule has 0 aliphatic carbocycles. The zero-order valence-electron chi connectivity index (χ0n) is 9.72. The number of hydrogen-bond acceptors (Lipinski definition) is 6. The van der Waals surface area contributed by atoms with Crippen molar-refractivity contribution in [1.29, 1.82) is 0 Å². The first-order chi connectivity index (χ1) is 9.27. The smallest absolute Gasteiger partial charge is 0.427 e. The molecule has 2 rings (SSSR count). The Morgan fingerprint density at radius 2 is 1.90 bits per heavy atom. The highest BCUT2D eigenvalue weighted by molar-refractivity contribution is 8.20. The molecule has 112 valence electrons. The molecule has 0 saturated carbocycles. The van der Waals surface area contributed by atoms with Gasteiger partial charge in [0.25, 0.3) is 0 Å². The van der Waals surface area contributed by atoms with Gasteiger partial charge in [-0.1, -0.05) is 0 Å². The molecule has 2 N–H and O–H groups in total. The number of benzene rings is 1. The van der Waals surface area contributed by atoms with E-state index in [0.29, 0.717) is 12.1 Å². The molecule has 1 heterocycles. The van der Waals surface area contributed by atoms with Gasteiger partial charge in [-0.3, -0.25) is 4.18 Å². The molecule has 0 spiro atoms. The molecular formula is C10H9F3O6S. The first kappa shape index (κ1) is 14.9. The summed E-state index contributed by atoms with van der Waals surface area (Å²) < 4.78 is 70.6. The SMILES string of the molecule is O=C(Oc1c(F)cc(F)cc1F)OC1COS(O)(O)C1. The minimum Gasteiger partial charge on any atom is -0.427 e. The molecule has 1 fully saturated rings. The van der Waals surface area contributed by atoms with Crippen LogP contribution in [0.4, 0.5) is 18.0 Å². The van der Waals surface area contributed by atoms with Crippen molar-refractivity contribution in [3.05, 3.63) is 29.6 Å². The van der Waals surface area contributed by atoms with Crippen LogP contribution in [0.1, 0.15) is 0 Å². The normalized spacial score (nSPS) is 22.4. The third-order valence-corrected chi connectivity index (χ3v) is 3.58. The highest BCUT2D eigenvalue weighted by Crippen LogP contribution is 2.46. The summed E-state index contributed by atoms with van der Waals surface area (Å²) in [7, 11) is -3.27. The van der Waals surface area contributed by atoms with Crippen molar-refractivity contribution in [2.24, 2.45) is 0 Å². The summed E-state index contributed by atoms with van der Waals surface area (Å²) in [5.41, 5.74) is 0. The Balaban J connectivity index is 1.99. The van der Waals surface area contributed by atoms with Gasteiger partial charge in [0.05, 0.1) is 16.6 Å². The molecule has 0 bridgehead atoms. The Bertz CT molecular complexity index is 515. The maximum atomic E-state index is 13.2. The summed E-state index contributed by atoms with van der Waals surface area (Å²) in [6.45, 7) is -0.286. The minimum atomic E-state index is -3.27. The van der Waals surface area contributed by atoms with Crippen molar-refractivity contribution in [3.63, 3.8) is 0 Å². The topological polar surface area (TPSA) is 85.2 Å². The van der Waals surface area contributed by atoms with E-state index in [1.165, 1.54) is 0 Å². The quantitative estimate of drug-likeness (QED) is 0.645. The number of carbonyl (C=O) groups excluding carboxylic acids is 1. The Hall–Kier alpha value is -1.49. The first-order valence-electron chi connectivity index (χ1n) is 5.20. The molecule has 0 radical (unpaired) electrons. The van der Waals surface area contributed by atoms with Crippen molar-refractivity contribution < 1.29 is 40.7 Å². The van der Waals surface area contributed by atoms with E-state index in [1.807, 2.05) is 0 Å². The second-order valence-electron chi connectivity index (χ2n) is 3.85. The fraction of sp³-hybridized carbons (Fsp3) is 0.300. The van der Waals surface area contributed by atoms with Crippen molar-refractivity contribution in [3.8, 4) is 5.75 Å². The summed E-state index contributed by atoms with van der Waals surface area (Å²) in [5, 5.41) is 0. The second kappa shape index (κ2) is 5.48. The van der Waals surface area contributed by atoms with E-state index in [-0.39, 0.29) is 12.4 Å². The number of rotatable bonds is 2. The van der Waals surface area contributed by atoms with Gasteiger partial charge in [-0.05, 0) is 0 Å². The standard InChI is InChI=1S/C10H9F3O6S/c11-5-1-7(12)9(8(13)2-5)19-10(14)18-6-3-17-20(15,16)4-6/h1-2,6,15-16H,3-4H2. The van der Waals surface area contributed by atoms with Gasteiger partial charge in [0.2, 0.25) is 5.75 Å². The van der Waals surface area contributed by atoms with Crippen LogP contribution >= 0.6 is 10.9 Å². The molecule has 1 aromatic carbocycles. The predicted molar refractivity (Wildman–Crippen MR) is 60.9 cm³/mol. The largest absolute Gasteiger partial charge is 0.514 e. The van der Waals surface area contributed by atoms with Gasteiger partial charge < -0.3 is 18.6 Å². The summed E-state index contributed by atoms with van der Waals surface area (Å²) >= 11 is 0. The van der Waals surface area contributed by atoms with Crippen LogP contribution in [0.5, 0.6) is 5.75 Å². The van der Waals surface area contributed by atoms with Crippen molar-refractivity contribution in [1.82, 2.24) is 0 Å². The Labute approximate surface area is 112 Å². The summed E-state index contributed by atoms with van der Waals surface area (Å²) in [6, 6.07) is 0.669. The number of carbonyl (C=O) groups is 1. The first-order valence-corrected chi connectivity index (χ1v) is 6.84. The summed E-state index contributed by atoms with van der Waals surface area (Å²) in [5.74, 6) is -5.46. The van der Waals surface area contributed by atoms with Crippen LogP contribution in [0.15, 0.2) is 12.1 Å². The molecule has 6 nitrogen and oxygen atoms in total. The highest BCUT2D eigenvalue weighted by atomic mass is 32.3. The molecule has 1 saturated heterocycles. The second-order valence-corrected chi connectivity index (χ2v) is 5.63. The van der Waals surface area contributed by atoms with E-state index in [2.05, 4.69) is 13.7 Å². The molecule has 0 amide bonds. The lowest BCUT2D eigenvalue weighted by molar-refractivity contribution is 0.0547. The number of hydrogen-bond donors (Lipinski definition) is 2. The van der Waals surface area contributed by atoms with Crippen LogP contribution in [-0.4, -0.2) is 33.7 Å². The molecule has 1 unspecified atom stereocenters. The third-order valence-electron chi connectivity index (χ3n) is 2.26. The van der Waals surface area contributed by atoms with E-state index >= 15 is 0 Å². The van der Waals surface area contributed by atoms with E-state index in [0.717, 1.165) is 0 Å². The molecule has 1 aliphatic heterocycles. The average molecular weight is 314 g/mol. The van der Waals surface area contributed by atoms with Gasteiger partial charge >= 0.3 is 6.16 Å². The van der Waals surface area contributed by atoms with E-state index < -0.39 is 46.3 Å². The van der Waals surface area contributed by atoms with Crippen LogP contribution in [0, 0.1) is 17.5 Å². The van der Waals surface area contributed by atoms with Crippen LogP contribution in [0.2, 0.25) is 0 Å². The Morgan fingerprint density at radius 1 is 1.30 bits per heavy atom. The molecule has 1 atom stereocenters. The number of ether oxygens (including phenoxy) is 2. The van der Waals surface area contributed by atoms with E-state index in [9.17, 15) is 18.0 Å². The molecular weight excluding hydrogens is 305 g/mol. The zero-order valence-corrected chi connectivity index (χ0v) is 10.5. The van der Waals surface area contributed by atoms with Crippen LogP contribution < -0.4 is 4.74 Å². The average Bonchev–Trinajstić information content (AvgIpc) is 2.63. The predicted octanol–water partition coefficient (Wildman–Crippen LogP) is 2.68. The lowest BCUT2D eigenvalue weighted by atomic mass is 10.3. The lowest BCUT2D eigenvalue weighted by Crippen LogP contribution is -2.24. The third kappa shape index (κ3) is 3.54. The van der Waals surface area contributed by atoms with Gasteiger partial charge in [0.15, 0.2) is 11.6 Å². The van der Waals surface area contributed by atoms with Crippen molar-refractivity contribution in [2.45, 2.75) is 6.10 Å². The van der Waals surface area contributed by atoms with Gasteiger partial charge in [0.1, 0.15) is 18.5 Å². The summed E-state index contributed by atoms with van der Waals surface area (Å²) in [4.78, 5) is 11.3. The van der Waals surface area contributed by atoms with Crippen LogP contribution in [-0.2, 0) is 8.92 Å². The monoisotopic (exact) mass is 314 g/mol. The lowest BCUT2D eigenvalue weighted by Gasteiger charge is -2.17. The summed E-state index contributed by atoms with van der Waals surface area (Å²) in [6.07, 6.45) is -2.49. The van der Waals surface area contributed by atoms with Crippen LogP contribution in [0.25, 0.3) is 0 Å². The number of halogens is 3. The fourth-order valence-electron chi connectivity index (χ4n) is 1.46. The van der Waals surface area contributed by atoms with Gasteiger partial charge in [-0.15, -0.1) is 0 Å². The zero-order chi connectivity index (χ0) is 14.9. The molecule has 10 heteroatoms. The molecule has 20 heavy (non-hydrogen) atoms. The molecule has 0 aromatic heterocycles.